The average Bonchev–Trinajstić information content (AvgIpc) is 3.07. The lowest BCUT2D eigenvalue weighted by Crippen LogP contribution is -2.29. The maximum atomic E-state index is 11.5. The van der Waals surface area contributed by atoms with E-state index >= 15 is 0 Å². The number of hydrogen-bond acceptors (Lipinski definition) is 6. The van der Waals surface area contributed by atoms with Crippen molar-refractivity contribution in [3.63, 3.8) is 0 Å². The summed E-state index contributed by atoms with van der Waals surface area (Å²) in [5.41, 5.74) is 2.00. The molecule has 136 valence electrons. The Bertz CT molecular complexity index is 893. The van der Waals surface area contributed by atoms with Crippen molar-refractivity contribution in [1.29, 1.82) is 0 Å². The van der Waals surface area contributed by atoms with Gasteiger partial charge in [-0.3, -0.25) is 0 Å². The van der Waals surface area contributed by atoms with E-state index in [1.54, 1.807) is 0 Å². The van der Waals surface area contributed by atoms with Crippen LogP contribution in [0.25, 0.3) is 21.3 Å². The SMILES string of the molecule is CCCC(Nc1ncnc2scc(-c3ccc(OCC)cc3)c12)C(=O)O. The van der Waals surface area contributed by atoms with Crippen molar-refractivity contribution in [3.8, 4) is 16.9 Å². The van der Waals surface area contributed by atoms with Gasteiger partial charge in [-0.05, 0) is 31.0 Å². The fraction of sp³-hybridized carbons (Fsp3) is 0.316. The van der Waals surface area contributed by atoms with Crippen molar-refractivity contribution in [1.82, 2.24) is 9.97 Å². The van der Waals surface area contributed by atoms with Gasteiger partial charge in [0.05, 0.1) is 12.0 Å². The molecule has 0 fully saturated rings. The minimum atomic E-state index is -0.878. The van der Waals surface area contributed by atoms with Crippen LogP contribution in [0.15, 0.2) is 36.0 Å². The van der Waals surface area contributed by atoms with E-state index in [2.05, 4.69) is 15.3 Å². The number of thiophene rings is 1. The molecule has 0 aliphatic carbocycles. The number of rotatable bonds is 8. The number of ether oxygens (including phenoxy) is 1. The number of carbonyl (C=O) groups is 1. The van der Waals surface area contributed by atoms with Crippen LogP contribution in [0, 0.1) is 0 Å². The van der Waals surface area contributed by atoms with Gasteiger partial charge in [0, 0.05) is 10.9 Å². The molecule has 0 spiro atoms. The first kappa shape index (κ1) is 18.1. The lowest BCUT2D eigenvalue weighted by molar-refractivity contribution is -0.138. The van der Waals surface area contributed by atoms with Crippen LogP contribution in [-0.4, -0.2) is 33.7 Å². The van der Waals surface area contributed by atoms with E-state index in [1.165, 1.54) is 17.7 Å². The smallest absolute Gasteiger partial charge is 0.326 e. The number of nitrogens with zero attached hydrogens (tertiary/aromatic N) is 2. The Kier molecular flexibility index (Phi) is 5.68. The average molecular weight is 371 g/mol. The van der Waals surface area contributed by atoms with Crippen molar-refractivity contribution < 1.29 is 14.6 Å². The molecular formula is C19H21N3O3S. The maximum Gasteiger partial charge on any atom is 0.326 e. The van der Waals surface area contributed by atoms with Gasteiger partial charge in [-0.1, -0.05) is 25.5 Å². The van der Waals surface area contributed by atoms with E-state index < -0.39 is 12.0 Å². The third-order valence-electron chi connectivity index (χ3n) is 4.03. The van der Waals surface area contributed by atoms with E-state index in [1.807, 2.05) is 43.5 Å². The van der Waals surface area contributed by atoms with E-state index in [9.17, 15) is 9.90 Å². The molecule has 7 heteroatoms. The molecular weight excluding hydrogens is 350 g/mol. The zero-order chi connectivity index (χ0) is 18.5. The number of fused-ring (bicyclic) bond motifs is 1. The van der Waals surface area contributed by atoms with Gasteiger partial charge in [0.1, 0.15) is 28.8 Å². The fourth-order valence-electron chi connectivity index (χ4n) is 2.81. The number of carboxylic acids is 1. The lowest BCUT2D eigenvalue weighted by atomic mass is 10.1. The van der Waals surface area contributed by atoms with Crippen LogP contribution >= 0.6 is 11.3 Å². The first-order valence-electron chi connectivity index (χ1n) is 8.58. The molecule has 0 amide bonds. The summed E-state index contributed by atoms with van der Waals surface area (Å²) in [7, 11) is 0. The number of anilines is 1. The zero-order valence-corrected chi connectivity index (χ0v) is 15.5. The molecule has 3 aromatic rings. The number of benzene rings is 1. The Labute approximate surface area is 155 Å². The number of aromatic nitrogens is 2. The van der Waals surface area contributed by atoms with E-state index in [0.717, 1.165) is 33.5 Å². The van der Waals surface area contributed by atoms with Crippen LogP contribution < -0.4 is 10.1 Å². The molecule has 2 N–H and O–H groups in total. The van der Waals surface area contributed by atoms with Crippen LogP contribution in [0.1, 0.15) is 26.7 Å². The predicted molar refractivity (Wildman–Crippen MR) is 104 cm³/mol. The highest BCUT2D eigenvalue weighted by Gasteiger charge is 2.20. The molecule has 2 heterocycles. The van der Waals surface area contributed by atoms with Crippen LogP contribution in [0.5, 0.6) is 5.75 Å². The molecule has 2 aromatic heterocycles. The topological polar surface area (TPSA) is 84.3 Å². The standard InChI is InChI=1S/C19H21N3O3S/c1-3-5-15(19(23)24)22-17-16-14(10-26-18(16)21-11-20-17)12-6-8-13(9-7-12)25-4-2/h6-11,15H,3-5H2,1-2H3,(H,23,24)(H,20,21,22). The minimum Gasteiger partial charge on any atom is -0.494 e. The van der Waals surface area contributed by atoms with Crippen molar-refractivity contribution in [3.05, 3.63) is 36.0 Å². The molecule has 1 atom stereocenters. The molecule has 0 saturated carbocycles. The second-order valence-electron chi connectivity index (χ2n) is 5.83. The van der Waals surface area contributed by atoms with Crippen molar-refractivity contribution >= 4 is 33.3 Å². The molecule has 0 bridgehead atoms. The van der Waals surface area contributed by atoms with E-state index in [4.69, 9.17) is 4.74 Å². The maximum absolute atomic E-state index is 11.5. The van der Waals surface area contributed by atoms with Crippen molar-refractivity contribution in [2.45, 2.75) is 32.7 Å². The largest absolute Gasteiger partial charge is 0.494 e. The third-order valence-corrected chi connectivity index (χ3v) is 4.92. The Hall–Kier alpha value is -2.67. The summed E-state index contributed by atoms with van der Waals surface area (Å²) < 4.78 is 5.50. The predicted octanol–water partition coefficient (Wildman–Crippen LogP) is 4.42. The summed E-state index contributed by atoms with van der Waals surface area (Å²) in [6.07, 6.45) is 2.77. The quantitative estimate of drug-likeness (QED) is 0.610. The fourth-order valence-corrected chi connectivity index (χ4v) is 3.72. The molecule has 0 saturated heterocycles. The summed E-state index contributed by atoms with van der Waals surface area (Å²) in [6.45, 7) is 4.53. The number of aliphatic carboxylic acids is 1. The van der Waals surface area contributed by atoms with Crippen molar-refractivity contribution in [2.75, 3.05) is 11.9 Å². The van der Waals surface area contributed by atoms with Gasteiger partial charge in [-0.25, -0.2) is 14.8 Å². The highest BCUT2D eigenvalue weighted by molar-refractivity contribution is 7.17. The summed E-state index contributed by atoms with van der Waals surface area (Å²) in [6, 6.07) is 7.16. The first-order valence-corrected chi connectivity index (χ1v) is 9.46. The Balaban J connectivity index is 2.01. The summed E-state index contributed by atoms with van der Waals surface area (Å²) in [5, 5.41) is 15.4. The molecule has 3 rings (SSSR count). The van der Waals surface area contributed by atoms with Crippen molar-refractivity contribution in [2.24, 2.45) is 0 Å². The molecule has 0 aliphatic heterocycles. The van der Waals surface area contributed by atoms with Gasteiger partial charge in [-0.2, -0.15) is 0 Å². The second-order valence-corrected chi connectivity index (χ2v) is 6.69. The molecule has 1 unspecified atom stereocenters. The highest BCUT2D eigenvalue weighted by atomic mass is 32.1. The monoisotopic (exact) mass is 371 g/mol. The second kappa shape index (κ2) is 8.14. The first-order chi connectivity index (χ1) is 12.6. The molecule has 1 aromatic carbocycles. The Morgan fingerprint density at radius 1 is 1.27 bits per heavy atom. The van der Waals surface area contributed by atoms with E-state index in [0.29, 0.717) is 18.8 Å². The van der Waals surface area contributed by atoms with Gasteiger partial charge in [0.2, 0.25) is 0 Å². The van der Waals surface area contributed by atoms with Gasteiger partial charge >= 0.3 is 5.97 Å². The van der Waals surface area contributed by atoms with E-state index in [-0.39, 0.29) is 0 Å². The number of hydrogen-bond donors (Lipinski definition) is 2. The minimum absolute atomic E-state index is 0.531. The van der Waals surface area contributed by atoms with Crippen LogP contribution in [0.3, 0.4) is 0 Å². The van der Waals surface area contributed by atoms with Crippen LogP contribution in [0.4, 0.5) is 5.82 Å². The Morgan fingerprint density at radius 3 is 2.69 bits per heavy atom. The van der Waals surface area contributed by atoms with Gasteiger partial charge in [-0.15, -0.1) is 11.3 Å². The number of carboxylic acid groups (broad SMARTS) is 1. The molecule has 26 heavy (non-hydrogen) atoms. The normalized spacial score (nSPS) is 12.1. The van der Waals surface area contributed by atoms with Gasteiger partial charge < -0.3 is 15.2 Å². The molecule has 0 radical (unpaired) electrons. The van der Waals surface area contributed by atoms with Gasteiger partial charge in [0.25, 0.3) is 0 Å². The molecule has 0 aliphatic rings. The summed E-state index contributed by atoms with van der Waals surface area (Å²) >= 11 is 1.52. The van der Waals surface area contributed by atoms with Crippen LogP contribution in [-0.2, 0) is 4.79 Å². The third kappa shape index (κ3) is 3.77. The Morgan fingerprint density at radius 2 is 2.04 bits per heavy atom. The van der Waals surface area contributed by atoms with Crippen LogP contribution in [0.2, 0.25) is 0 Å². The lowest BCUT2D eigenvalue weighted by Gasteiger charge is -2.15. The highest BCUT2D eigenvalue weighted by Crippen LogP contribution is 2.37. The molecule has 6 nitrogen and oxygen atoms in total. The summed E-state index contributed by atoms with van der Waals surface area (Å²) in [5.74, 6) is 0.497. The zero-order valence-electron chi connectivity index (χ0n) is 14.7. The van der Waals surface area contributed by atoms with Gasteiger partial charge in [0.15, 0.2) is 0 Å². The summed E-state index contributed by atoms with van der Waals surface area (Å²) in [4.78, 5) is 21.0. The number of nitrogens with one attached hydrogen (secondary N) is 1.